The number of hydrogen-bond acceptors (Lipinski definition) is 5. The summed E-state index contributed by atoms with van der Waals surface area (Å²) in [5, 5.41) is 0. The first-order chi connectivity index (χ1) is 11.2. The second-order valence-corrected chi connectivity index (χ2v) is 7.36. The molecule has 1 fully saturated rings. The highest BCUT2D eigenvalue weighted by atomic mass is 79.9. The van der Waals surface area contributed by atoms with Crippen molar-refractivity contribution in [3.63, 3.8) is 0 Å². The maximum atomic E-state index is 12.8. The number of Topliss-reactive ketones (excluding diaryl/α,β-unsaturated/α-hetero) is 1. The summed E-state index contributed by atoms with van der Waals surface area (Å²) in [6.07, 6.45) is 0. The third-order valence-corrected chi connectivity index (χ3v) is 4.93. The Labute approximate surface area is 149 Å². The summed E-state index contributed by atoms with van der Waals surface area (Å²) in [5.74, 6) is -3.61. The molecule has 0 radical (unpaired) electrons. The minimum absolute atomic E-state index is 0.131. The van der Waals surface area contributed by atoms with Gasteiger partial charge in [-0.25, -0.2) is 0 Å². The minimum atomic E-state index is -1.07. The fraction of sp³-hybridized carbons (Fsp3) is 0.500. The smallest absolute Gasteiger partial charge is 0.321 e. The van der Waals surface area contributed by atoms with Gasteiger partial charge in [-0.05, 0) is 32.9 Å². The molecule has 0 amide bonds. The van der Waals surface area contributed by atoms with E-state index in [0.717, 1.165) is 4.47 Å². The molecule has 1 aromatic carbocycles. The molecular weight excluding hydrogens is 376 g/mol. The second-order valence-electron chi connectivity index (χ2n) is 6.44. The third-order valence-electron chi connectivity index (χ3n) is 4.40. The van der Waals surface area contributed by atoms with Gasteiger partial charge in [0.15, 0.2) is 11.7 Å². The minimum Gasteiger partial charge on any atom is -0.465 e. The number of benzene rings is 1. The number of esters is 2. The maximum absolute atomic E-state index is 12.8. The van der Waals surface area contributed by atoms with Gasteiger partial charge in [0, 0.05) is 21.9 Å². The van der Waals surface area contributed by atoms with Crippen LogP contribution in [0.4, 0.5) is 0 Å². The van der Waals surface area contributed by atoms with Crippen molar-refractivity contribution in [2.45, 2.75) is 33.3 Å². The molecular formula is C18H21BrO5. The Bertz CT molecular complexity index is 650. The van der Waals surface area contributed by atoms with E-state index >= 15 is 0 Å². The molecule has 1 aliphatic rings. The van der Waals surface area contributed by atoms with E-state index in [1.807, 2.05) is 0 Å². The average Bonchev–Trinajstić information content (AvgIpc) is 2.75. The number of ether oxygens (including phenoxy) is 2. The van der Waals surface area contributed by atoms with E-state index in [1.54, 1.807) is 52.0 Å². The van der Waals surface area contributed by atoms with Crippen LogP contribution in [0.3, 0.4) is 0 Å². The quantitative estimate of drug-likeness (QED) is 0.433. The van der Waals surface area contributed by atoms with Gasteiger partial charge in [0.1, 0.15) is 5.60 Å². The molecule has 0 N–H and O–H groups in total. The summed E-state index contributed by atoms with van der Waals surface area (Å²) >= 11 is 3.33. The van der Waals surface area contributed by atoms with E-state index in [4.69, 9.17) is 9.47 Å². The van der Waals surface area contributed by atoms with Gasteiger partial charge in [-0.15, -0.1) is 0 Å². The fourth-order valence-corrected chi connectivity index (χ4v) is 3.61. The molecule has 24 heavy (non-hydrogen) atoms. The van der Waals surface area contributed by atoms with E-state index in [2.05, 4.69) is 15.9 Å². The van der Waals surface area contributed by atoms with Gasteiger partial charge in [0.2, 0.25) is 0 Å². The topological polar surface area (TPSA) is 69.7 Å². The number of cyclic esters (lactones) is 1. The fourth-order valence-electron chi connectivity index (χ4n) is 3.34. The molecule has 3 unspecified atom stereocenters. The van der Waals surface area contributed by atoms with Gasteiger partial charge in [-0.1, -0.05) is 35.0 Å². The van der Waals surface area contributed by atoms with Gasteiger partial charge in [0.05, 0.1) is 6.61 Å². The first-order valence-electron chi connectivity index (χ1n) is 7.88. The molecule has 6 heteroatoms. The molecule has 2 rings (SSSR count). The van der Waals surface area contributed by atoms with Crippen LogP contribution in [0.5, 0.6) is 0 Å². The lowest BCUT2D eigenvalue weighted by molar-refractivity contribution is -0.157. The van der Waals surface area contributed by atoms with Crippen LogP contribution in [0, 0.1) is 17.8 Å². The normalized spacial score (nSPS) is 23.5. The zero-order chi connectivity index (χ0) is 18.1. The van der Waals surface area contributed by atoms with Crippen molar-refractivity contribution >= 4 is 33.7 Å². The number of halogens is 1. The van der Waals surface area contributed by atoms with Gasteiger partial charge >= 0.3 is 11.9 Å². The van der Waals surface area contributed by atoms with Crippen molar-refractivity contribution in [3.05, 3.63) is 34.3 Å². The summed E-state index contributed by atoms with van der Waals surface area (Å²) in [5.41, 5.74) is -0.387. The van der Waals surface area contributed by atoms with Crippen molar-refractivity contribution < 1.29 is 23.9 Å². The maximum Gasteiger partial charge on any atom is 0.321 e. The Kier molecular flexibility index (Phi) is 5.48. The average molecular weight is 397 g/mol. The standard InChI is InChI=1S/C18H21BrO5/c1-5-23-16(21)13-14(18(3,4)24-17(13)22)10(2)15(20)11-6-8-12(19)9-7-11/h6-10,13-14H,5H2,1-4H3. The summed E-state index contributed by atoms with van der Waals surface area (Å²) in [6.45, 7) is 7.02. The number of carbonyl (C=O) groups excluding carboxylic acids is 3. The van der Waals surface area contributed by atoms with Crippen LogP contribution in [0.25, 0.3) is 0 Å². The highest BCUT2D eigenvalue weighted by molar-refractivity contribution is 9.10. The molecule has 1 saturated heterocycles. The number of carbonyl (C=O) groups is 3. The van der Waals surface area contributed by atoms with Gasteiger partial charge in [-0.3, -0.25) is 14.4 Å². The van der Waals surface area contributed by atoms with Gasteiger partial charge < -0.3 is 9.47 Å². The van der Waals surface area contributed by atoms with E-state index in [-0.39, 0.29) is 12.4 Å². The SMILES string of the molecule is CCOC(=O)C1C(=O)OC(C)(C)C1C(C)C(=O)c1ccc(Br)cc1. The van der Waals surface area contributed by atoms with Crippen LogP contribution in [0.1, 0.15) is 38.1 Å². The van der Waals surface area contributed by atoms with Crippen LogP contribution in [0.2, 0.25) is 0 Å². The predicted octanol–water partition coefficient (Wildman–Crippen LogP) is 3.40. The molecule has 0 bridgehead atoms. The zero-order valence-electron chi connectivity index (χ0n) is 14.2. The Morgan fingerprint density at radius 3 is 2.42 bits per heavy atom. The number of ketones is 1. The van der Waals surface area contributed by atoms with Crippen LogP contribution in [-0.4, -0.2) is 29.9 Å². The van der Waals surface area contributed by atoms with Gasteiger partial charge in [-0.2, -0.15) is 0 Å². The van der Waals surface area contributed by atoms with Crippen LogP contribution >= 0.6 is 15.9 Å². The van der Waals surface area contributed by atoms with Crippen LogP contribution < -0.4 is 0 Å². The molecule has 1 aliphatic heterocycles. The molecule has 5 nitrogen and oxygen atoms in total. The molecule has 0 spiro atoms. The Balaban J connectivity index is 2.33. The van der Waals surface area contributed by atoms with Crippen molar-refractivity contribution in [2.24, 2.45) is 17.8 Å². The zero-order valence-corrected chi connectivity index (χ0v) is 15.8. The first-order valence-corrected chi connectivity index (χ1v) is 8.67. The van der Waals surface area contributed by atoms with Crippen LogP contribution in [0.15, 0.2) is 28.7 Å². The first kappa shape index (κ1) is 18.6. The molecule has 0 aromatic heterocycles. The third kappa shape index (κ3) is 3.53. The highest BCUT2D eigenvalue weighted by Crippen LogP contribution is 2.43. The molecule has 130 valence electrons. The Morgan fingerprint density at radius 2 is 1.88 bits per heavy atom. The summed E-state index contributed by atoms with van der Waals surface area (Å²) in [6, 6.07) is 6.99. The lowest BCUT2D eigenvalue weighted by atomic mass is 9.72. The Hall–Kier alpha value is -1.69. The predicted molar refractivity (Wildman–Crippen MR) is 91.4 cm³/mol. The van der Waals surface area contributed by atoms with E-state index in [1.165, 1.54) is 0 Å². The molecule has 3 atom stereocenters. The van der Waals surface area contributed by atoms with E-state index < -0.39 is 35.3 Å². The molecule has 0 aliphatic carbocycles. The van der Waals surface area contributed by atoms with Crippen LogP contribution in [-0.2, 0) is 19.1 Å². The molecule has 1 aromatic rings. The molecule has 1 heterocycles. The lowest BCUT2D eigenvalue weighted by Crippen LogP contribution is -2.41. The summed E-state index contributed by atoms with van der Waals surface area (Å²) in [7, 11) is 0. The summed E-state index contributed by atoms with van der Waals surface area (Å²) in [4.78, 5) is 37.2. The largest absolute Gasteiger partial charge is 0.465 e. The monoisotopic (exact) mass is 396 g/mol. The highest BCUT2D eigenvalue weighted by Gasteiger charge is 2.57. The number of rotatable bonds is 5. The van der Waals surface area contributed by atoms with E-state index in [9.17, 15) is 14.4 Å². The second kappa shape index (κ2) is 7.05. The lowest BCUT2D eigenvalue weighted by Gasteiger charge is -2.30. The van der Waals surface area contributed by atoms with Crippen molar-refractivity contribution in [3.8, 4) is 0 Å². The molecule has 0 saturated carbocycles. The van der Waals surface area contributed by atoms with Crippen molar-refractivity contribution in [1.29, 1.82) is 0 Å². The van der Waals surface area contributed by atoms with Gasteiger partial charge in [0.25, 0.3) is 0 Å². The van der Waals surface area contributed by atoms with Crippen molar-refractivity contribution in [1.82, 2.24) is 0 Å². The van der Waals surface area contributed by atoms with Crippen molar-refractivity contribution in [2.75, 3.05) is 6.61 Å². The summed E-state index contributed by atoms with van der Waals surface area (Å²) < 4.78 is 11.3. The van der Waals surface area contributed by atoms with E-state index in [0.29, 0.717) is 5.56 Å². The number of hydrogen-bond donors (Lipinski definition) is 0. The Morgan fingerprint density at radius 1 is 1.29 bits per heavy atom.